The molecule has 1 saturated heterocycles. The molecule has 6 aromatic rings. The number of fused-ring (bicyclic) bond motifs is 2. The number of halogens is 1. The van der Waals surface area contributed by atoms with E-state index in [9.17, 15) is 4.39 Å². The Morgan fingerprint density at radius 1 is 0.923 bits per heavy atom. The molecule has 10 heteroatoms. The number of likely N-dealkylation sites (tertiary alicyclic amines) is 1. The summed E-state index contributed by atoms with van der Waals surface area (Å²) in [5.74, 6) is 0.879. The number of imidazole rings is 1. The van der Waals surface area contributed by atoms with E-state index in [1.165, 1.54) is 18.9 Å². The molecule has 7 rings (SSSR count). The second-order valence-electron chi connectivity index (χ2n) is 9.59. The number of benzene rings is 1. The van der Waals surface area contributed by atoms with Crippen LogP contribution in [0, 0.1) is 5.82 Å². The number of hydrogen-bond donors (Lipinski definition) is 2. The highest BCUT2D eigenvalue weighted by molar-refractivity contribution is 5.95. The van der Waals surface area contributed by atoms with Crippen LogP contribution in [0.25, 0.3) is 56.1 Å². The van der Waals surface area contributed by atoms with Gasteiger partial charge in [0.25, 0.3) is 0 Å². The third-order valence-electron chi connectivity index (χ3n) is 7.05. The molecule has 0 unspecified atom stereocenters. The van der Waals surface area contributed by atoms with E-state index in [0.29, 0.717) is 46.2 Å². The van der Waals surface area contributed by atoms with Crippen LogP contribution in [0.3, 0.4) is 0 Å². The van der Waals surface area contributed by atoms with Gasteiger partial charge in [-0.2, -0.15) is 5.10 Å². The molecule has 5 aromatic heterocycles. The Balaban J connectivity index is 1.21. The fraction of sp³-hybridized carbons (Fsp3) is 0.207. The molecule has 0 saturated carbocycles. The number of pyridine rings is 3. The molecule has 0 atom stereocenters. The molecule has 9 nitrogen and oxygen atoms in total. The van der Waals surface area contributed by atoms with Crippen LogP contribution in [0.4, 0.5) is 4.39 Å². The number of hydrogen-bond acceptors (Lipinski definition) is 7. The zero-order chi connectivity index (χ0) is 26.2. The van der Waals surface area contributed by atoms with Gasteiger partial charge in [-0.25, -0.2) is 14.4 Å². The highest BCUT2D eigenvalue weighted by atomic mass is 19.1. The lowest BCUT2D eigenvalue weighted by Gasteiger charge is -2.15. The maximum Gasteiger partial charge on any atom is 0.161 e. The van der Waals surface area contributed by atoms with Gasteiger partial charge in [0.15, 0.2) is 11.5 Å². The summed E-state index contributed by atoms with van der Waals surface area (Å²) in [7, 11) is 0. The molecule has 1 aliphatic rings. The van der Waals surface area contributed by atoms with Gasteiger partial charge in [-0.1, -0.05) is 12.1 Å². The third kappa shape index (κ3) is 4.48. The Morgan fingerprint density at radius 3 is 2.69 bits per heavy atom. The monoisotopic (exact) mass is 520 g/mol. The summed E-state index contributed by atoms with van der Waals surface area (Å²) in [6, 6.07) is 14.2. The first-order chi connectivity index (χ1) is 19.2. The smallest absolute Gasteiger partial charge is 0.161 e. The molecule has 0 amide bonds. The Kier molecular flexibility index (Phi) is 5.93. The number of aromatic nitrogens is 7. The molecule has 1 aliphatic heterocycles. The lowest BCUT2D eigenvalue weighted by molar-refractivity contribution is 0.237. The third-order valence-corrected chi connectivity index (χ3v) is 7.05. The van der Waals surface area contributed by atoms with Crippen LogP contribution in [0.2, 0.25) is 0 Å². The van der Waals surface area contributed by atoms with Crippen molar-refractivity contribution in [3.63, 3.8) is 0 Å². The topological polar surface area (TPSA) is 108 Å². The van der Waals surface area contributed by atoms with E-state index in [1.807, 2.05) is 24.3 Å². The molecule has 0 radical (unpaired) electrons. The van der Waals surface area contributed by atoms with E-state index >= 15 is 0 Å². The first-order valence-electron chi connectivity index (χ1n) is 13.0. The van der Waals surface area contributed by atoms with Gasteiger partial charge in [0.1, 0.15) is 34.9 Å². The molecule has 39 heavy (non-hydrogen) atoms. The Labute approximate surface area is 223 Å². The Hall–Kier alpha value is -4.70. The zero-order valence-electron chi connectivity index (χ0n) is 21.1. The normalized spacial score (nSPS) is 14.0. The number of nitrogens with zero attached hydrogens (tertiary/aromatic N) is 6. The standard InChI is InChI=1S/C29H25FN8O/c30-21-6-2-1-5-20(21)25-26-23(9-10-32-25)34-29(35-26)28-27-24(36-37-28)8-7-22(33-27)18-15-19(17-31-16-18)39-14-13-38-11-3-4-12-38/h1-2,5-10,15-17H,3-4,11-14H2,(H,34,35)(H,36,37). The first kappa shape index (κ1) is 23.4. The van der Waals surface area contributed by atoms with E-state index in [0.717, 1.165) is 41.9 Å². The summed E-state index contributed by atoms with van der Waals surface area (Å²) in [5, 5.41) is 7.53. The van der Waals surface area contributed by atoms with Crippen LogP contribution in [-0.4, -0.2) is 66.3 Å². The molecule has 1 aromatic carbocycles. The summed E-state index contributed by atoms with van der Waals surface area (Å²) in [6.07, 6.45) is 7.66. The van der Waals surface area contributed by atoms with Gasteiger partial charge in [0.2, 0.25) is 0 Å². The van der Waals surface area contributed by atoms with Gasteiger partial charge in [0.05, 0.1) is 22.9 Å². The van der Waals surface area contributed by atoms with Crippen molar-refractivity contribution in [2.24, 2.45) is 0 Å². The Morgan fingerprint density at radius 2 is 1.79 bits per heavy atom. The van der Waals surface area contributed by atoms with Gasteiger partial charge in [-0.05, 0) is 62.3 Å². The van der Waals surface area contributed by atoms with Crippen molar-refractivity contribution in [1.82, 2.24) is 40.0 Å². The van der Waals surface area contributed by atoms with Crippen molar-refractivity contribution in [3.05, 3.63) is 72.9 Å². The van der Waals surface area contributed by atoms with Crippen molar-refractivity contribution >= 4 is 22.1 Å². The maximum absolute atomic E-state index is 14.5. The summed E-state index contributed by atoms with van der Waals surface area (Å²) >= 11 is 0. The van der Waals surface area contributed by atoms with E-state index in [1.54, 1.807) is 36.8 Å². The van der Waals surface area contributed by atoms with Gasteiger partial charge in [-0.3, -0.25) is 20.0 Å². The summed E-state index contributed by atoms with van der Waals surface area (Å²) in [6.45, 7) is 3.83. The first-order valence-corrected chi connectivity index (χ1v) is 13.0. The van der Waals surface area contributed by atoms with Crippen molar-refractivity contribution in [3.8, 4) is 39.8 Å². The minimum atomic E-state index is -0.352. The van der Waals surface area contributed by atoms with Gasteiger partial charge >= 0.3 is 0 Å². The van der Waals surface area contributed by atoms with E-state index in [-0.39, 0.29) is 5.82 Å². The molecule has 194 valence electrons. The largest absolute Gasteiger partial charge is 0.491 e. The summed E-state index contributed by atoms with van der Waals surface area (Å²) in [5.41, 5.74) is 5.73. The van der Waals surface area contributed by atoms with Crippen molar-refractivity contribution in [1.29, 1.82) is 0 Å². The lowest BCUT2D eigenvalue weighted by Crippen LogP contribution is -2.25. The van der Waals surface area contributed by atoms with Gasteiger partial charge in [0, 0.05) is 30.1 Å². The SMILES string of the molecule is Fc1ccccc1-c1nccc2[nH]c(-c3n[nH]c4ccc(-c5cncc(OCCN6CCCC6)c5)nc34)nc12. The van der Waals surface area contributed by atoms with Crippen LogP contribution in [0.15, 0.2) is 67.1 Å². The average molecular weight is 521 g/mol. The Bertz CT molecular complexity index is 1790. The molecule has 6 heterocycles. The van der Waals surface area contributed by atoms with E-state index in [4.69, 9.17) is 14.7 Å². The van der Waals surface area contributed by atoms with Crippen molar-refractivity contribution < 1.29 is 9.13 Å². The molecular weight excluding hydrogens is 495 g/mol. The average Bonchev–Trinajstić information content (AvgIpc) is 3.73. The highest BCUT2D eigenvalue weighted by Gasteiger charge is 2.19. The van der Waals surface area contributed by atoms with Crippen LogP contribution >= 0.6 is 0 Å². The lowest BCUT2D eigenvalue weighted by atomic mass is 10.1. The predicted octanol–water partition coefficient (Wildman–Crippen LogP) is 5.24. The van der Waals surface area contributed by atoms with Crippen molar-refractivity contribution in [2.45, 2.75) is 12.8 Å². The number of aromatic amines is 2. The molecule has 0 bridgehead atoms. The number of nitrogens with one attached hydrogen (secondary N) is 2. The van der Waals surface area contributed by atoms with E-state index in [2.05, 4.69) is 30.0 Å². The van der Waals surface area contributed by atoms with Crippen LogP contribution in [0.5, 0.6) is 5.75 Å². The van der Waals surface area contributed by atoms with Crippen LogP contribution in [0.1, 0.15) is 12.8 Å². The fourth-order valence-electron chi connectivity index (χ4n) is 5.06. The minimum Gasteiger partial charge on any atom is -0.491 e. The van der Waals surface area contributed by atoms with Crippen LogP contribution in [-0.2, 0) is 0 Å². The van der Waals surface area contributed by atoms with Crippen LogP contribution < -0.4 is 4.74 Å². The molecule has 1 fully saturated rings. The second-order valence-corrected chi connectivity index (χ2v) is 9.59. The fourth-order valence-corrected chi connectivity index (χ4v) is 5.06. The van der Waals surface area contributed by atoms with Gasteiger partial charge < -0.3 is 9.72 Å². The molecule has 0 spiro atoms. The molecular formula is C29H25FN8O. The minimum absolute atomic E-state index is 0.352. The quantitative estimate of drug-likeness (QED) is 0.296. The zero-order valence-corrected chi connectivity index (χ0v) is 21.1. The predicted molar refractivity (Wildman–Crippen MR) is 147 cm³/mol. The number of ether oxygens (including phenoxy) is 1. The summed E-state index contributed by atoms with van der Waals surface area (Å²) < 4.78 is 20.5. The maximum atomic E-state index is 14.5. The second kappa shape index (κ2) is 9.88. The van der Waals surface area contributed by atoms with Gasteiger partial charge in [-0.15, -0.1) is 0 Å². The van der Waals surface area contributed by atoms with Crippen molar-refractivity contribution in [2.75, 3.05) is 26.2 Å². The molecule has 2 N–H and O–H groups in total. The number of rotatable bonds is 7. The summed E-state index contributed by atoms with van der Waals surface area (Å²) in [4.78, 5) is 24.2. The van der Waals surface area contributed by atoms with E-state index < -0.39 is 0 Å². The highest BCUT2D eigenvalue weighted by Crippen LogP contribution is 2.32. The molecule has 0 aliphatic carbocycles. The number of H-pyrrole nitrogens is 2.